The topological polar surface area (TPSA) is 50.4 Å². The monoisotopic (exact) mass is 340 g/mol. The molecule has 25 heavy (non-hydrogen) atoms. The fraction of sp³-hybridized carbons (Fsp3) is 0.381. The lowest BCUT2D eigenvalue weighted by Gasteiger charge is -2.08. The van der Waals surface area contributed by atoms with E-state index in [4.69, 9.17) is 4.74 Å². The number of ether oxygens (including phenoxy) is 1. The number of nitrogens with one attached hydrogen (secondary N) is 2. The highest BCUT2D eigenvalue weighted by atomic mass is 16.5. The molecule has 0 aliphatic heterocycles. The Kier molecular flexibility index (Phi) is 7.99. The summed E-state index contributed by atoms with van der Waals surface area (Å²) in [5.41, 5.74) is 3.10. The largest absolute Gasteiger partial charge is 0.494 e. The van der Waals surface area contributed by atoms with E-state index in [2.05, 4.69) is 29.7 Å². The second-order valence-electron chi connectivity index (χ2n) is 5.99. The van der Waals surface area contributed by atoms with E-state index in [-0.39, 0.29) is 5.91 Å². The summed E-state index contributed by atoms with van der Waals surface area (Å²) in [7, 11) is 0. The Labute approximate surface area is 150 Å². The van der Waals surface area contributed by atoms with Crippen molar-refractivity contribution in [3.63, 3.8) is 0 Å². The zero-order valence-electron chi connectivity index (χ0n) is 15.2. The van der Waals surface area contributed by atoms with Gasteiger partial charge in [-0.15, -0.1) is 0 Å². The third-order valence-corrected chi connectivity index (χ3v) is 3.92. The predicted molar refractivity (Wildman–Crippen MR) is 102 cm³/mol. The van der Waals surface area contributed by atoms with Gasteiger partial charge in [0.1, 0.15) is 5.75 Å². The number of amides is 1. The molecule has 0 heterocycles. The zero-order chi connectivity index (χ0) is 17.9. The molecule has 4 heteroatoms. The molecule has 0 fully saturated rings. The van der Waals surface area contributed by atoms with E-state index in [1.165, 1.54) is 5.56 Å². The fourth-order valence-corrected chi connectivity index (χ4v) is 2.48. The van der Waals surface area contributed by atoms with E-state index in [1.807, 2.05) is 43.3 Å². The van der Waals surface area contributed by atoms with Gasteiger partial charge in [-0.1, -0.05) is 37.6 Å². The number of hydrogen-bond acceptors (Lipinski definition) is 3. The van der Waals surface area contributed by atoms with Crippen molar-refractivity contribution in [2.75, 3.05) is 13.2 Å². The van der Waals surface area contributed by atoms with Gasteiger partial charge in [0.2, 0.25) is 0 Å². The average molecular weight is 340 g/mol. The molecule has 0 saturated heterocycles. The van der Waals surface area contributed by atoms with Gasteiger partial charge in [0.25, 0.3) is 5.91 Å². The summed E-state index contributed by atoms with van der Waals surface area (Å²) in [5, 5.41) is 6.35. The minimum Gasteiger partial charge on any atom is -0.494 e. The van der Waals surface area contributed by atoms with Gasteiger partial charge in [0.05, 0.1) is 6.61 Å². The van der Waals surface area contributed by atoms with Crippen LogP contribution in [0, 0.1) is 0 Å². The van der Waals surface area contributed by atoms with Crippen molar-refractivity contribution in [2.24, 2.45) is 0 Å². The Hall–Kier alpha value is -2.33. The van der Waals surface area contributed by atoms with Gasteiger partial charge in [-0.25, -0.2) is 0 Å². The second kappa shape index (κ2) is 10.5. The number of carbonyl (C=O) groups excluding carboxylic acids is 1. The molecular formula is C21H28N2O2. The van der Waals surface area contributed by atoms with Crippen LogP contribution in [0.25, 0.3) is 0 Å². The van der Waals surface area contributed by atoms with Gasteiger partial charge in [-0.3, -0.25) is 4.79 Å². The SMILES string of the molecule is CCCCNC(=O)c1ccc(CNCc2ccc(OCC)cc2)cc1. The molecule has 1 amide bonds. The molecule has 0 saturated carbocycles. The lowest BCUT2D eigenvalue weighted by Crippen LogP contribution is -2.24. The quantitative estimate of drug-likeness (QED) is 0.645. The van der Waals surface area contributed by atoms with Crippen molar-refractivity contribution in [1.29, 1.82) is 0 Å². The molecule has 2 aromatic carbocycles. The maximum absolute atomic E-state index is 12.0. The summed E-state index contributed by atoms with van der Waals surface area (Å²) < 4.78 is 5.44. The first-order chi connectivity index (χ1) is 12.2. The van der Waals surface area contributed by atoms with Gasteiger partial charge in [-0.05, 0) is 48.7 Å². The Bertz CT molecular complexity index is 636. The first-order valence-corrected chi connectivity index (χ1v) is 9.02. The van der Waals surface area contributed by atoms with Gasteiger partial charge in [-0.2, -0.15) is 0 Å². The lowest BCUT2D eigenvalue weighted by molar-refractivity contribution is 0.0953. The van der Waals surface area contributed by atoms with Crippen LogP contribution in [-0.4, -0.2) is 19.1 Å². The molecule has 0 spiro atoms. The number of benzene rings is 2. The first kappa shape index (κ1) is 19.0. The molecule has 0 aromatic heterocycles. The average Bonchev–Trinajstić information content (AvgIpc) is 2.64. The molecule has 0 atom stereocenters. The molecule has 0 radical (unpaired) electrons. The molecule has 4 nitrogen and oxygen atoms in total. The van der Waals surface area contributed by atoms with E-state index < -0.39 is 0 Å². The number of carbonyl (C=O) groups is 1. The molecule has 0 unspecified atom stereocenters. The molecule has 2 rings (SSSR count). The Balaban J connectivity index is 1.76. The Morgan fingerprint density at radius 1 is 0.920 bits per heavy atom. The summed E-state index contributed by atoms with van der Waals surface area (Å²) in [4.78, 5) is 12.0. The number of hydrogen-bond donors (Lipinski definition) is 2. The van der Waals surface area contributed by atoms with Crippen LogP contribution < -0.4 is 15.4 Å². The van der Waals surface area contributed by atoms with Crippen molar-refractivity contribution in [1.82, 2.24) is 10.6 Å². The third kappa shape index (κ3) is 6.59. The van der Waals surface area contributed by atoms with Crippen molar-refractivity contribution < 1.29 is 9.53 Å². The van der Waals surface area contributed by atoms with E-state index >= 15 is 0 Å². The van der Waals surface area contributed by atoms with Gasteiger partial charge >= 0.3 is 0 Å². The minimum atomic E-state index is 0.00217. The van der Waals surface area contributed by atoms with Gasteiger partial charge in [0, 0.05) is 25.2 Å². The molecule has 134 valence electrons. The maximum atomic E-state index is 12.0. The molecule has 2 N–H and O–H groups in total. The fourth-order valence-electron chi connectivity index (χ4n) is 2.48. The molecule has 2 aromatic rings. The summed E-state index contributed by atoms with van der Waals surface area (Å²) in [6.45, 7) is 7.08. The van der Waals surface area contributed by atoms with E-state index in [0.29, 0.717) is 12.2 Å². The van der Waals surface area contributed by atoms with Crippen LogP contribution in [0.15, 0.2) is 48.5 Å². The first-order valence-electron chi connectivity index (χ1n) is 9.02. The second-order valence-corrected chi connectivity index (χ2v) is 5.99. The van der Waals surface area contributed by atoms with E-state index in [9.17, 15) is 4.79 Å². The summed E-state index contributed by atoms with van der Waals surface area (Å²) in [6.07, 6.45) is 2.10. The van der Waals surface area contributed by atoms with E-state index in [0.717, 1.165) is 43.8 Å². The highest BCUT2D eigenvalue weighted by Gasteiger charge is 2.04. The van der Waals surface area contributed by atoms with E-state index in [1.54, 1.807) is 0 Å². The van der Waals surface area contributed by atoms with Crippen molar-refractivity contribution in [3.8, 4) is 5.75 Å². The van der Waals surface area contributed by atoms with Crippen LogP contribution >= 0.6 is 0 Å². The maximum Gasteiger partial charge on any atom is 0.251 e. The molecule has 0 aliphatic rings. The standard InChI is InChI=1S/C21H28N2O2/c1-3-5-14-23-21(24)19-10-6-17(7-11-19)15-22-16-18-8-12-20(13-9-18)25-4-2/h6-13,22H,3-5,14-16H2,1-2H3,(H,23,24). The normalized spacial score (nSPS) is 10.5. The van der Waals surface area contributed by atoms with Crippen LogP contribution in [0.5, 0.6) is 5.75 Å². The van der Waals surface area contributed by atoms with Crippen LogP contribution in [0.4, 0.5) is 0 Å². The highest BCUT2D eigenvalue weighted by molar-refractivity contribution is 5.94. The molecule has 0 bridgehead atoms. The van der Waals surface area contributed by atoms with Crippen molar-refractivity contribution in [3.05, 3.63) is 65.2 Å². The van der Waals surface area contributed by atoms with Crippen LogP contribution in [0.1, 0.15) is 48.2 Å². The summed E-state index contributed by atoms with van der Waals surface area (Å²) >= 11 is 0. The Morgan fingerprint density at radius 3 is 2.08 bits per heavy atom. The lowest BCUT2D eigenvalue weighted by atomic mass is 10.1. The van der Waals surface area contributed by atoms with Crippen LogP contribution in [0.2, 0.25) is 0 Å². The van der Waals surface area contributed by atoms with Crippen molar-refractivity contribution >= 4 is 5.91 Å². The summed E-state index contributed by atoms with van der Waals surface area (Å²) in [5.74, 6) is 0.904. The van der Waals surface area contributed by atoms with Crippen molar-refractivity contribution in [2.45, 2.75) is 39.8 Å². The van der Waals surface area contributed by atoms with Crippen LogP contribution in [-0.2, 0) is 13.1 Å². The molecule has 0 aliphatic carbocycles. The van der Waals surface area contributed by atoms with Gasteiger partial charge in [0.15, 0.2) is 0 Å². The smallest absolute Gasteiger partial charge is 0.251 e. The van der Waals surface area contributed by atoms with Crippen LogP contribution in [0.3, 0.4) is 0 Å². The minimum absolute atomic E-state index is 0.00217. The summed E-state index contributed by atoms with van der Waals surface area (Å²) in [6, 6.07) is 15.9. The van der Waals surface area contributed by atoms with Gasteiger partial charge < -0.3 is 15.4 Å². The zero-order valence-corrected chi connectivity index (χ0v) is 15.2. The third-order valence-electron chi connectivity index (χ3n) is 3.92. The highest BCUT2D eigenvalue weighted by Crippen LogP contribution is 2.12. The number of unbranched alkanes of at least 4 members (excludes halogenated alkanes) is 1. The number of rotatable bonds is 10. The molecular weight excluding hydrogens is 312 g/mol. The predicted octanol–water partition coefficient (Wildman–Crippen LogP) is 3.91. The Morgan fingerprint density at radius 2 is 1.52 bits per heavy atom.